The van der Waals surface area contributed by atoms with Gasteiger partial charge in [-0.3, -0.25) is 4.79 Å². The number of carbonyl (C=O) groups excluding carboxylic acids is 1. The Morgan fingerprint density at radius 2 is 1.81 bits per heavy atom. The number of carboxylic acid groups (broad SMARTS) is 1. The van der Waals surface area contributed by atoms with E-state index in [1.807, 2.05) is 0 Å². The van der Waals surface area contributed by atoms with Crippen molar-refractivity contribution in [2.24, 2.45) is 0 Å². The van der Waals surface area contributed by atoms with Crippen LogP contribution < -0.4 is 5.32 Å². The van der Waals surface area contributed by atoms with E-state index in [9.17, 15) is 22.4 Å². The zero-order chi connectivity index (χ0) is 16.4. The average molecular weight is 317 g/mol. The Balaban J connectivity index is 3.22. The number of aromatic carboxylic acids is 1. The zero-order valence-corrected chi connectivity index (χ0v) is 12.6. The van der Waals surface area contributed by atoms with Crippen molar-refractivity contribution in [3.8, 4) is 0 Å². The summed E-state index contributed by atoms with van der Waals surface area (Å²) in [6, 6.07) is 2.17. The highest BCUT2D eigenvalue weighted by molar-refractivity contribution is 7.92. The van der Waals surface area contributed by atoms with Gasteiger partial charge in [-0.15, -0.1) is 0 Å². The molecule has 0 saturated heterocycles. The Bertz CT molecular complexity index is 669. The minimum absolute atomic E-state index is 0.238. The second kappa shape index (κ2) is 6.21. The molecule has 0 saturated carbocycles. The third-order valence-corrected chi connectivity index (χ3v) is 4.82. The van der Waals surface area contributed by atoms with Gasteiger partial charge in [-0.1, -0.05) is 0 Å². The van der Waals surface area contributed by atoms with E-state index in [2.05, 4.69) is 5.32 Å². The number of carbonyl (C=O) groups is 2. The van der Waals surface area contributed by atoms with E-state index in [0.717, 1.165) is 12.1 Å². The van der Waals surface area contributed by atoms with Crippen LogP contribution in [0.1, 0.15) is 31.1 Å². The minimum atomic E-state index is -4.10. The van der Waals surface area contributed by atoms with E-state index in [0.29, 0.717) is 6.07 Å². The minimum Gasteiger partial charge on any atom is -0.478 e. The molecule has 8 heteroatoms. The van der Waals surface area contributed by atoms with Crippen LogP contribution in [0.5, 0.6) is 0 Å². The lowest BCUT2D eigenvalue weighted by molar-refractivity contribution is -0.120. The van der Waals surface area contributed by atoms with Crippen molar-refractivity contribution < 1.29 is 27.5 Å². The number of halogens is 1. The number of carboxylic acids is 1. The lowest BCUT2D eigenvalue weighted by Gasteiger charge is -2.15. The summed E-state index contributed by atoms with van der Waals surface area (Å²) in [4.78, 5) is 22.2. The van der Waals surface area contributed by atoms with Crippen LogP contribution in [0.2, 0.25) is 0 Å². The van der Waals surface area contributed by atoms with Gasteiger partial charge in [0.05, 0.1) is 10.5 Å². The van der Waals surface area contributed by atoms with Crippen LogP contribution in [-0.4, -0.2) is 36.7 Å². The quantitative estimate of drug-likeness (QED) is 0.795. The van der Waals surface area contributed by atoms with Crippen LogP contribution in [0.3, 0.4) is 0 Å². The predicted molar refractivity (Wildman–Crippen MR) is 73.3 cm³/mol. The van der Waals surface area contributed by atoms with Crippen molar-refractivity contribution in [2.75, 3.05) is 0 Å². The van der Waals surface area contributed by atoms with Crippen LogP contribution in [-0.2, 0) is 14.6 Å². The van der Waals surface area contributed by atoms with Crippen molar-refractivity contribution in [1.82, 2.24) is 5.32 Å². The summed E-state index contributed by atoms with van der Waals surface area (Å²) in [5.41, 5.74) is -0.757. The Kier molecular flexibility index (Phi) is 5.06. The second-order valence-corrected chi connectivity index (χ2v) is 7.07. The third kappa shape index (κ3) is 3.78. The molecule has 0 radical (unpaired) electrons. The first-order chi connectivity index (χ1) is 9.57. The molecule has 0 heterocycles. The molecule has 1 rings (SSSR count). The molecular weight excluding hydrogens is 301 g/mol. The highest BCUT2D eigenvalue weighted by Gasteiger charge is 2.31. The van der Waals surface area contributed by atoms with E-state index in [1.54, 1.807) is 13.8 Å². The summed E-state index contributed by atoms with van der Waals surface area (Å²) in [6.07, 6.45) is 0. The van der Waals surface area contributed by atoms with Crippen LogP contribution in [0.4, 0.5) is 4.39 Å². The molecule has 1 atom stereocenters. The van der Waals surface area contributed by atoms with Gasteiger partial charge in [0.25, 0.3) is 0 Å². The summed E-state index contributed by atoms with van der Waals surface area (Å²) in [5.74, 6) is -3.32. The van der Waals surface area contributed by atoms with E-state index in [4.69, 9.17) is 5.11 Å². The number of benzene rings is 1. The van der Waals surface area contributed by atoms with Crippen molar-refractivity contribution in [3.05, 3.63) is 29.6 Å². The number of hydrogen-bond acceptors (Lipinski definition) is 4. The summed E-state index contributed by atoms with van der Waals surface area (Å²) >= 11 is 0. The van der Waals surface area contributed by atoms with Gasteiger partial charge in [-0.05, 0) is 39.0 Å². The van der Waals surface area contributed by atoms with Crippen molar-refractivity contribution >= 4 is 21.7 Å². The molecule has 21 heavy (non-hydrogen) atoms. The zero-order valence-electron chi connectivity index (χ0n) is 11.8. The van der Waals surface area contributed by atoms with Gasteiger partial charge >= 0.3 is 5.97 Å². The number of nitrogens with one attached hydrogen (secondary N) is 1. The molecule has 0 fully saturated rings. The largest absolute Gasteiger partial charge is 0.478 e. The number of sulfone groups is 1. The topological polar surface area (TPSA) is 101 Å². The maximum atomic E-state index is 13.3. The van der Waals surface area contributed by atoms with E-state index in [-0.39, 0.29) is 6.04 Å². The van der Waals surface area contributed by atoms with Crippen LogP contribution >= 0.6 is 0 Å². The summed E-state index contributed by atoms with van der Waals surface area (Å²) in [6.45, 7) is 4.55. The van der Waals surface area contributed by atoms with Gasteiger partial charge in [0, 0.05) is 6.04 Å². The first-order valence-corrected chi connectivity index (χ1v) is 7.69. The molecule has 6 nitrogen and oxygen atoms in total. The lowest BCUT2D eigenvalue weighted by atomic mass is 10.2. The Labute approximate surface area is 121 Å². The van der Waals surface area contributed by atoms with Crippen LogP contribution in [0.15, 0.2) is 23.1 Å². The van der Waals surface area contributed by atoms with E-state index >= 15 is 0 Å². The maximum absolute atomic E-state index is 13.3. The van der Waals surface area contributed by atoms with E-state index in [1.165, 1.54) is 6.92 Å². The fourth-order valence-electron chi connectivity index (χ4n) is 1.59. The molecule has 1 unspecified atom stereocenters. The Hall–Kier alpha value is -1.96. The molecule has 0 aromatic heterocycles. The third-order valence-electron chi connectivity index (χ3n) is 2.76. The van der Waals surface area contributed by atoms with Gasteiger partial charge in [-0.2, -0.15) is 0 Å². The fraction of sp³-hybridized carbons (Fsp3) is 0.385. The summed E-state index contributed by atoms with van der Waals surface area (Å²) in [5, 5.41) is 9.86. The van der Waals surface area contributed by atoms with Crippen LogP contribution in [0, 0.1) is 5.82 Å². The lowest BCUT2D eigenvalue weighted by Crippen LogP contribution is -2.41. The van der Waals surface area contributed by atoms with Crippen molar-refractivity contribution in [1.29, 1.82) is 0 Å². The average Bonchev–Trinajstić information content (AvgIpc) is 2.36. The Morgan fingerprint density at radius 3 is 2.29 bits per heavy atom. The van der Waals surface area contributed by atoms with Crippen LogP contribution in [0.25, 0.3) is 0 Å². The summed E-state index contributed by atoms with van der Waals surface area (Å²) < 4.78 is 37.8. The van der Waals surface area contributed by atoms with E-state index < -0.39 is 43.2 Å². The highest BCUT2D eigenvalue weighted by Crippen LogP contribution is 2.20. The molecule has 0 aliphatic rings. The molecule has 0 bridgehead atoms. The Morgan fingerprint density at radius 1 is 1.24 bits per heavy atom. The maximum Gasteiger partial charge on any atom is 0.338 e. The van der Waals surface area contributed by atoms with Gasteiger partial charge in [0.15, 0.2) is 9.84 Å². The van der Waals surface area contributed by atoms with Gasteiger partial charge in [0.2, 0.25) is 5.91 Å². The molecule has 1 aromatic rings. The number of rotatable bonds is 5. The second-order valence-electron chi connectivity index (χ2n) is 4.80. The fourth-order valence-corrected chi connectivity index (χ4v) is 2.89. The predicted octanol–water partition coefficient (Wildman–Crippen LogP) is 1.21. The monoisotopic (exact) mass is 317 g/mol. The molecule has 1 aromatic carbocycles. The van der Waals surface area contributed by atoms with Gasteiger partial charge in [0.1, 0.15) is 11.1 Å². The normalized spacial score (nSPS) is 13.0. The number of amides is 1. The molecule has 0 spiro atoms. The molecule has 1 amide bonds. The highest BCUT2D eigenvalue weighted by atomic mass is 32.2. The summed E-state index contributed by atoms with van der Waals surface area (Å²) in [7, 11) is -4.10. The van der Waals surface area contributed by atoms with Gasteiger partial charge in [-0.25, -0.2) is 17.6 Å². The number of hydrogen-bond donors (Lipinski definition) is 2. The molecule has 2 N–H and O–H groups in total. The van der Waals surface area contributed by atoms with Gasteiger partial charge < -0.3 is 10.4 Å². The first-order valence-electron chi connectivity index (χ1n) is 6.14. The van der Waals surface area contributed by atoms with Crippen molar-refractivity contribution in [3.63, 3.8) is 0 Å². The standard InChI is InChI=1S/C13H16FNO5S/c1-7(2)15-12(16)8(3)21(19,20)9-4-5-11(14)10(6-9)13(17)18/h4-8H,1-3H3,(H,15,16)(H,17,18). The van der Waals surface area contributed by atoms with Crippen molar-refractivity contribution in [2.45, 2.75) is 37.0 Å². The SMILES string of the molecule is CC(C)NC(=O)C(C)S(=O)(=O)c1ccc(F)c(C(=O)O)c1. The molecular formula is C13H16FNO5S. The smallest absolute Gasteiger partial charge is 0.338 e. The molecule has 116 valence electrons. The first kappa shape index (κ1) is 17.1. The molecule has 0 aliphatic carbocycles. The molecule has 0 aliphatic heterocycles.